The second-order valence-electron chi connectivity index (χ2n) is 8.51. The highest BCUT2D eigenvalue weighted by Gasteiger charge is 2.35. The number of halogens is 4. The number of benzene rings is 1. The zero-order chi connectivity index (χ0) is 25.9. The largest absolute Gasteiger partial charge is 0.472 e. The summed E-state index contributed by atoms with van der Waals surface area (Å²) in [6, 6.07) is 4.76. The predicted octanol–water partition coefficient (Wildman–Crippen LogP) is 4.25. The van der Waals surface area contributed by atoms with Crippen molar-refractivity contribution in [2.24, 2.45) is 5.92 Å². The summed E-state index contributed by atoms with van der Waals surface area (Å²) in [5.74, 6) is -0.455. The number of amides is 3. The number of fused-ring (bicyclic) bond motifs is 1. The molecule has 0 aliphatic carbocycles. The molecule has 3 amide bonds. The van der Waals surface area contributed by atoms with Gasteiger partial charge < -0.3 is 25.0 Å². The molecule has 1 aliphatic rings. The number of aliphatic hydroxyl groups is 1. The van der Waals surface area contributed by atoms with Crippen molar-refractivity contribution in [2.75, 3.05) is 32.1 Å². The van der Waals surface area contributed by atoms with Crippen LogP contribution < -0.4 is 10.1 Å². The van der Waals surface area contributed by atoms with Gasteiger partial charge in [0.05, 0.1) is 24.8 Å². The molecular weight excluding hydrogens is 533 g/mol. The van der Waals surface area contributed by atoms with Crippen LogP contribution in [0, 0.1) is 5.92 Å². The first-order chi connectivity index (χ1) is 16.4. The molecule has 3 rings (SSSR count). The Labute approximate surface area is 209 Å². The number of carbonyl (C=O) groups excluding carboxylic acids is 2. The zero-order valence-electron chi connectivity index (χ0n) is 19.3. The molecule has 0 saturated heterocycles. The molecule has 0 saturated carbocycles. The molecule has 1 aliphatic heterocycles. The number of hydrogen-bond donors (Lipinski definition) is 2. The number of nitrogens with one attached hydrogen (secondary N) is 1. The summed E-state index contributed by atoms with van der Waals surface area (Å²) in [6.07, 6.45) is -3.53. The number of likely N-dealkylation sites (N-methyl/N-ethyl adjacent to an activating group) is 1. The van der Waals surface area contributed by atoms with E-state index >= 15 is 0 Å². The minimum Gasteiger partial charge on any atom is -0.472 e. The van der Waals surface area contributed by atoms with Crippen LogP contribution in [0.15, 0.2) is 41.0 Å². The van der Waals surface area contributed by atoms with Crippen molar-refractivity contribution < 1.29 is 32.6 Å². The molecule has 190 valence electrons. The second kappa shape index (κ2) is 10.8. The number of urea groups is 1. The van der Waals surface area contributed by atoms with Gasteiger partial charge in [0, 0.05) is 35.9 Å². The molecule has 1 aromatic carbocycles. The molecule has 0 fully saturated rings. The number of carbonyl (C=O) groups is 2. The van der Waals surface area contributed by atoms with Gasteiger partial charge in [-0.15, -0.1) is 0 Å². The van der Waals surface area contributed by atoms with E-state index in [9.17, 15) is 27.9 Å². The molecule has 2 heterocycles. The number of aliphatic hydroxyl groups excluding tert-OH is 1. The number of alkyl halides is 3. The van der Waals surface area contributed by atoms with Crippen LogP contribution in [0.3, 0.4) is 0 Å². The number of anilines is 1. The normalized spacial score (nSPS) is 19.2. The van der Waals surface area contributed by atoms with Crippen LogP contribution in [0.25, 0.3) is 0 Å². The maximum atomic E-state index is 13.1. The number of hydrogen-bond acceptors (Lipinski definition) is 5. The van der Waals surface area contributed by atoms with Gasteiger partial charge in [-0.2, -0.15) is 13.2 Å². The van der Waals surface area contributed by atoms with Crippen LogP contribution in [0.4, 0.5) is 23.7 Å². The van der Waals surface area contributed by atoms with Gasteiger partial charge in [-0.1, -0.05) is 6.92 Å². The van der Waals surface area contributed by atoms with E-state index < -0.39 is 29.9 Å². The summed E-state index contributed by atoms with van der Waals surface area (Å²) in [4.78, 5) is 33.0. The van der Waals surface area contributed by atoms with Gasteiger partial charge in [-0.3, -0.25) is 4.79 Å². The quantitative estimate of drug-likeness (QED) is 0.572. The summed E-state index contributed by atoms with van der Waals surface area (Å²) in [5.41, 5.74) is -0.366. The molecule has 12 heteroatoms. The molecule has 0 unspecified atom stereocenters. The van der Waals surface area contributed by atoms with Gasteiger partial charge in [0.25, 0.3) is 5.91 Å². The molecule has 3 atom stereocenters. The molecule has 35 heavy (non-hydrogen) atoms. The summed E-state index contributed by atoms with van der Waals surface area (Å²) in [5, 5.41) is 12.2. The van der Waals surface area contributed by atoms with E-state index in [2.05, 4.69) is 26.2 Å². The Balaban J connectivity index is 1.78. The topological polar surface area (TPSA) is 95.0 Å². The summed E-state index contributed by atoms with van der Waals surface area (Å²) >= 11 is 3.31. The van der Waals surface area contributed by atoms with Crippen molar-refractivity contribution in [2.45, 2.75) is 32.2 Å². The zero-order valence-corrected chi connectivity index (χ0v) is 20.9. The van der Waals surface area contributed by atoms with Crippen molar-refractivity contribution in [3.05, 3.63) is 52.1 Å². The van der Waals surface area contributed by atoms with Crippen LogP contribution in [0.1, 0.15) is 29.8 Å². The average molecular weight is 559 g/mol. The minimum atomic E-state index is -4.46. The fourth-order valence-corrected chi connectivity index (χ4v) is 3.94. The number of ether oxygens (including phenoxy) is 1. The molecule has 0 bridgehead atoms. The fourth-order valence-electron chi connectivity index (χ4n) is 3.61. The Hall–Kier alpha value is -2.86. The van der Waals surface area contributed by atoms with E-state index in [1.54, 1.807) is 17.9 Å². The van der Waals surface area contributed by atoms with Gasteiger partial charge in [-0.25, -0.2) is 9.78 Å². The average Bonchev–Trinajstić information content (AvgIpc) is 2.81. The Bertz CT molecular complexity index is 1070. The Morgan fingerprint density at radius 1 is 1.37 bits per heavy atom. The lowest BCUT2D eigenvalue weighted by Gasteiger charge is -2.37. The Kier molecular flexibility index (Phi) is 8.26. The minimum absolute atomic E-state index is 0.111. The van der Waals surface area contributed by atoms with Crippen LogP contribution in [0.2, 0.25) is 0 Å². The van der Waals surface area contributed by atoms with Gasteiger partial charge in [-0.05, 0) is 53.2 Å². The summed E-state index contributed by atoms with van der Waals surface area (Å²) in [6.45, 7) is 3.75. The van der Waals surface area contributed by atoms with Crippen LogP contribution in [-0.4, -0.2) is 70.7 Å². The Morgan fingerprint density at radius 2 is 2.03 bits per heavy atom. The van der Waals surface area contributed by atoms with E-state index in [0.29, 0.717) is 4.47 Å². The standard InChI is InChI=1S/C23H26BrF3N4O4/c1-13-10-31(14(2)12-32)21(33)18-8-16(24)9-28-20(18)35-19(13)11-30(3)22(34)29-17-6-4-15(5-7-17)23(25,26)27/h4-9,13-14,19,32H,10-12H2,1-3H3,(H,29,34)/t13-,14-,19+/m0/s1. The van der Waals surface area contributed by atoms with Crippen LogP contribution in [0.5, 0.6) is 5.88 Å². The number of aromatic nitrogens is 1. The highest BCUT2D eigenvalue weighted by Crippen LogP contribution is 2.30. The van der Waals surface area contributed by atoms with Gasteiger partial charge in [0.2, 0.25) is 5.88 Å². The fraction of sp³-hybridized carbons (Fsp3) is 0.435. The third kappa shape index (κ3) is 6.43. The molecule has 8 nitrogen and oxygen atoms in total. The lowest BCUT2D eigenvalue weighted by atomic mass is 10.0. The molecule has 2 N–H and O–H groups in total. The summed E-state index contributed by atoms with van der Waals surface area (Å²) < 4.78 is 45.0. The van der Waals surface area contributed by atoms with E-state index in [0.717, 1.165) is 12.1 Å². The van der Waals surface area contributed by atoms with Crippen molar-refractivity contribution >= 4 is 33.6 Å². The maximum Gasteiger partial charge on any atom is 0.416 e. The van der Waals surface area contributed by atoms with E-state index in [-0.39, 0.29) is 48.7 Å². The third-order valence-electron chi connectivity index (χ3n) is 5.75. The van der Waals surface area contributed by atoms with Crippen molar-refractivity contribution in [3.63, 3.8) is 0 Å². The number of rotatable bonds is 5. The SMILES string of the molecule is C[C@H]1CN([C@@H](C)CO)C(=O)c2cc(Br)cnc2O[C@@H]1CN(C)C(=O)Nc1ccc(C(F)(F)F)cc1. The highest BCUT2D eigenvalue weighted by molar-refractivity contribution is 9.10. The highest BCUT2D eigenvalue weighted by atomic mass is 79.9. The lowest BCUT2D eigenvalue weighted by molar-refractivity contribution is -0.137. The van der Waals surface area contributed by atoms with Crippen LogP contribution >= 0.6 is 15.9 Å². The van der Waals surface area contributed by atoms with Gasteiger partial charge in [0.1, 0.15) is 11.7 Å². The number of nitrogens with zero attached hydrogens (tertiary/aromatic N) is 3. The van der Waals surface area contributed by atoms with Gasteiger partial charge >= 0.3 is 12.2 Å². The van der Waals surface area contributed by atoms with Crippen molar-refractivity contribution in [3.8, 4) is 5.88 Å². The molecule has 2 aromatic rings. The van der Waals surface area contributed by atoms with Gasteiger partial charge in [0.15, 0.2) is 0 Å². The Morgan fingerprint density at radius 3 is 2.63 bits per heavy atom. The smallest absolute Gasteiger partial charge is 0.416 e. The molecular formula is C23H26BrF3N4O4. The maximum absolute atomic E-state index is 13.1. The van der Waals surface area contributed by atoms with E-state index in [1.807, 2.05) is 6.92 Å². The first kappa shape index (κ1) is 26.7. The van der Waals surface area contributed by atoms with Crippen LogP contribution in [-0.2, 0) is 6.18 Å². The second-order valence-corrected chi connectivity index (χ2v) is 9.43. The predicted molar refractivity (Wildman–Crippen MR) is 126 cm³/mol. The molecule has 1 aromatic heterocycles. The van der Waals surface area contributed by atoms with Crippen molar-refractivity contribution in [1.82, 2.24) is 14.8 Å². The third-order valence-corrected chi connectivity index (χ3v) is 6.19. The van der Waals surface area contributed by atoms with Crippen molar-refractivity contribution in [1.29, 1.82) is 0 Å². The molecule has 0 spiro atoms. The number of pyridine rings is 1. The monoisotopic (exact) mass is 558 g/mol. The first-order valence-electron chi connectivity index (χ1n) is 10.8. The summed E-state index contributed by atoms with van der Waals surface area (Å²) in [7, 11) is 1.53. The molecule has 0 radical (unpaired) electrons. The van der Waals surface area contributed by atoms with E-state index in [1.165, 1.54) is 30.3 Å². The van der Waals surface area contributed by atoms with E-state index in [4.69, 9.17) is 4.74 Å². The first-order valence-corrected chi connectivity index (χ1v) is 11.6. The lowest BCUT2D eigenvalue weighted by Crippen LogP contribution is -2.50.